The number of ether oxygens (including phenoxy) is 1. The number of carbonyl (C=O) groups excluding carboxylic acids is 1. The third-order valence-corrected chi connectivity index (χ3v) is 3.49. The van der Waals surface area contributed by atoms with Gasteiger partial charge in [0.2, 0.25) is 0 Å². The molecule has 1 unspecified atom stereocenters. The minimum Gasteiger partial charge on any atom is -0.468 e. The second kappa shape index (κ2) is 7.13. The van der Waals surface area contributed by atoms with Crippen LogP contribution >= 0.6 is 31.9 Å². The van der Waals surface area contributed by atoms with E-state index in [4.69, 9.17) is 0 Å². The van der Waals surface area contributed by atoms with E-state index in [0.29, 0.717) is 6.54 Å². The molecule has 0 aromatic heterocycles. The number of rotatable bonds is 5. The Balaban J connectivity index is 2.46. The summed E-state index contributed by atoms with van der Waals surface area (Å²) in [6.07, 6.45) is 0. The molecule has 0 aliphatic carbocycles. The first-order valence-corrected chi connectivity index (χ1v) is 6.88. The van der Waals surface area contributed by atoms with Crippen molar-refractivity contribution in [1.82, 2.24) is 4.90 Å². The average molecular weight is 365 g/mol. The number of alkyl halides is 1. The first kappa shape index (κ1) is 14.7. The predicted molar refractivity (Wildman–Crippen MR) is 75.2 cm³/mol. The molecule has 0 saturated heterocycles. The van der Waals surface area contributed by atoms with E-state index in [1.807, 2.05) is 19.2 Å². The Kier molecular flexibility index (Phi) is 6.16. The van der Waals surface area contributed by atoms with Gasteiger partial charge in [-0.2, -0.15) is 0 Å². The molecule has 17 heavy (non-hydrogen) atoms. The molecule has 0 aliphatic heterocycles. The standard InChI is InChI=1S/C12H15Br2NO2/c1-15(8-11(14)12(16)17-2)7-9-3-5-10(13)6-4-9/h3-6,11H,7-8H2,1-2H3. The molecule has 0 heterocycles. The summed E-state index contributed by atoms with van der Waals surface area (Å²) in [5.41, 5.74) is 1.21. The van der Waals surface area contributed by atoms with E-state index in [2.05, 4.69) is 53.6 Å². The van der Waals surface area contributed by atoms with Crippen LogP contribution in [-0.4, -0.2) is 36.4 Å². The van der Waals surface area contributed by atoms with Crippen LogP contribution in [0, 0.1) is 0 Å². The molecule has 0 N–H and O–H groups in total. The van der Waals surface area contributed by atoms with Crippen molar-refractivity contribution in [2.75, 3.05) is 20.7 Å². The maximum Gasteiger partial charge on any atom is 0.320 e. The summed E-state index contributed by atoms with van der Waals surface area (Å²) in [6, 6.07) is 8.13. The minimum absolute atomic E-state index is 0.243. The Bertz CT molecular complexity index is 367. The number of hydrogen-bond donors (Lipinski definition) is 0. The van der Waals surface area contributed by atoms with Gasteiger partial charge in [-0.1, -0.05) is 44.0 Å². The van der Waals surface area contributed by atoms with Gasteiger partial charge in [0.05, 0.1) is 7.11 Å². The first-order chi connectivity index (χ1) is 8.02. The Morgan fingerprint density at radius 3 is 2.53 bits per heavy atom. The molecule has 0 fully saturated rings. The zero-order valence-corrected chi connectivity index (χ0v) is 13.0. The van der Waals surface area contributed by atoms with Crippen LogP contribution in [-0.2, 0) is 16.1 Å². The maximum absolute atomic E-state index is 11.2. The summed E-state index contributed by atoms with van der Waals surface area (Å²) >= 11 is 6.70. The van der Waals surface area contributed by atoms with E-state index in [0.717, 1.165) is 11.0 Å². The topological polar surface area (TPSA) is 29.5 Å². The lowest BCUT2D eigenvalue weighted by molar-refractivity contribution is -0.140. The lowest BCUT2D eigenvalue weighted by Crippen LogP contribution is -2.31. The molecule has 0 aliphatic rings. The van der Waals surface area contributed by atoms with Gasteiger partial charge in [-0.05, 0) is 24.7 Å². The van der Waals surface area contributed by atoms with Crippen LogP contribution in [0.15, 0.2) is 28.7 Å². The molecule has 1 aromatic rings. The number of benzene rings is 1. The Hall–Kier alpha value is -0.390. The van der Waals surface area contributed by atoms with Crippen molar-refractivity contribution in [2.24, 2.45) is 0 Å². The molecule has 5 heteroatoms. The van der Waals surface area contributed by atoms with E-state index >= 15 is 0 Å². The van der Waals surface area contributed by atoms with E-state index in [-0.39, 0.29) is 10.8 Å². The fraction of sp³-hybridized carbons (Fsp3) is 0.417. The molecule has 1 rings (SSSR count). The van der Waals surface area contributed by atoms with Gasteiger partial charge in [-0.3, -0.25) is 4.79 Å². The molecule has 1 atom stereocenters. The van der Waals surface area contributed by atoms with Gasteiger partial charge in [-0.15, -0.1) is 0 Å². The van der Waals surface area contributed by atoms with Crippen LogP contribution in [0.1, 0.15) is 5.56 Å². The number of carbonyl (C=O) groups is 1. The van der Waals surface area contributed by atoms with Gasteiger partial charge < -0.3 is 9.64 Å². The summed E-state index contributed by atoms with van der Waals surface area (Å²) in [5, 5.41) is 0. The van der Waals surface area contributed by atoms with Crippen LogP contribution < -0.4 is 0 Å². The van der Waals surface area contributed by atoms with Gasteiger partial charge in [0.15, 0.2) is 0 Å². The monoisotopic (exact) mass is 363 g/mol. The zero-order chi connectivity index (χ0) is 12.8. The Morgan fingerprint density at radius 1 is 1.41 bits per heavy atom. The molecule has 94 valence electrons. The molecule has 0 amide bonds. The largest absolute Gasteiger partial charge is 0.468 e. The molecule has 0 radical (unpaired) electrons. The first-order valence-electron chi connectivity index (χ1n) is 5.18. The summed E-state index contributed by atoms with van der Waals surface area (Å²) in [7, 11) is 3.37. The Morgan fingerprint density at radius 2 is 2.00 bits per heavy atom. The highest BCUT2D eigenvalue weighted by atomic mass is 79.9. The van der Waals surface area contributed by atoms with Gasteiger partial charge in [0.25, 0.3) is 0 Å². The van der Waals surface area contributed by atoms with Crippen molar-refractivity contribution in [1.29, 1.82) is 0 Å². The summed E-state index contributed by atoms with van der Waals surface area (Å²) in [4.78, 5) is 13.0. The smallest absolute Gasteiger partial charge is 0.320 e. The van der Waals surface area contributed by atoms with E-state index < -0.39 is 0 Å². The van der Waals surface area contributed by atoms with Crippen LogP contribution in [0.4, 0.5) is 0 Å². The number of hydrogen-bond acceptors (Lipinski definition) is 3. The molecular weight excluding hydrogens is 350 g/mol. The van der Waals surface area contributed by atoms with Crippen LogP contribution in [0.3, 0.4) is 0 Å². The number of halogens is 2. The fourth-order valence-electron chi connectivity index (χ4n) is 1.44. The van der Waals surface area contributed by atoms with E-state index in [1.54, 1.807) is 0 Å². The average Bonchev–Trinajstić information content (AvgIpc) is 2.30. The van der Waals surface area contributed by atoms with Crippen molar-refractivity contribution in [3.63, 3.8) is 0 Å². The Labute approximate surface area is 118 Å². The number of nitrogens with zero attached hydrogens (tertiary/aromatic N) is 1. The second-order valence-electron chi connectivity index (χ2n) is 3.81. The van der Waals surface area contributed by atoms with Crippen molar-refractivity contribution >= 4 is 37.8 Å². The quantitative estimate of drug-likeness (QED) is 0.594. The van der Waals surface area contributed by atoms with Crippen molar-refractivity contribution in [3.05, 3.63) is 34.3 Å². The normalized spacial score (nSPS) is 12.5. The SMILES string of the molecule is COC(=O)C(Br)CN(C)Cc1ccc(Br)cc1. The lowest BCUT2D eigenvalue weighted by atomic mass is 10.2. The second-order valence-corrected chi connectivity index (χ2v) is 5.83. The van der Waals surface area contributed by atoms with Crippen LogP contribution in [0.25, 0.3) is 0 Å². The minimum atomic E-state index is -0.284. The molecular formula is C12H15Br2NO2. The highest BCUT2D eigenvalue weighted by molar-refractivity contribution is 9.10. The fourth-order valence-corrected chi connectivity index (χ4v) is 2.39. The highest BCUT2D eigenvalue weighted by Crippen LogP contribution is 2.12. The zero-order valence-electron chi connectivity index (χ0n) is 9.82. The third-order valence-electron chi connectivity index (χ3n) is 2.29. The maximum atomic E-state index is 11.2. The molecule has 0 saturated carbocycles. The van der Waals surface area contributed by atoms with Crippen LogP contribution in [0.2, 0.25) is 0 Å². The summed E-state index contributed by atoms with van der Waals surface area (Å²) in [5.74, 6) is -0.243. The third kappa shape index (κ3) is 5.19. The van der Waals surface area contributed by atoms with Crippen molar-refractivity contribution in [3.8, 4) is 0 Å². The van der Waals surface area contributed by atoms with Gasteiger partial charge >= 0.3 is 5.97 Å². The summed E-state index contributed by atoms with van der Waals surface area (Å²) in [6.45, 7) is 1.41. The van der Waals surface area contributed by atoms with Crippen LogP contribution in [0.5, 0.6) is 0 Å². The van der Waals surface area contributed by atoms with E-state index in [1.165, 1.54) is 12.7 Å². The molecule has 3 nitrogen and oxygen atoms in total. The van der Waals surface area contributed by atoms with Crippen molar-refractivity contribution < 1.29 is 9.53 Å². The molecule has 1 aromatic carbocycles. The van der Waals surface area contributed by atoms with E-state index in [9.17, 15) is 4.79 Å². The number of esters is 1. The highest BCUT2D eigenvalue weighted by Gasteiger charge is 2.17. The van der Waals surface area contributed by atoms with Gasteiger partial charge in [0.1, 0.15) is 4.83 Å². The molecule has 0 spiro atoms. The van der Waals surface area contributed by atoms with Gasteiger partial charge in [0, 0.05) is 17.6 Å². The lowest BCUT2D eigenvalue weighted by Gasteiger charge is -2.19. The predicted octanol–water partition coefficient (Wildman–Crippen LogP) is 2.82. The summed E-state index contributed by atoms with van der Waals surface area (Å²) < 4.78 is 5.73. The molecule has 0 bridgehead atoms. The number of methoxy groups -OCH3 is 1. The van der Waals surface area contributed by atoms with Crippen molar-refractivity contribution in [2.45, 2.75) is 11.4 Å². The van der Waals surface area contributed by atoms with Gasteiger partial charge in [-0.25, -0.2) is 0 Å².